The Balaban J connectivity index is 0.00000180. The Morgan fingerprint density at radius 3 is 2.68 bits per heavy atom. The Morgan fingerprint density at radius 1 is 1.58 bits per heavy atom. The second-order valence-corrected chi connectivity index (χ2v) is 4.55. The number of nitrogens with one attached hydrogen (secondary N) is 1. The fraction of sp³-hybridized carbons (Fsp3) is 0.545. The van der Waals surface area contributed by atoms with Crippen molar-refractivity contribution in [2.45, 2.75) is 24.8 Å². The van der Waals surface area contributed by atoms with Crippen LogP contribution in [0.3, 0.4) is 0 Å². The SMILES string of the molecule is Cl.N#CCC1(n2cc(C(N)=O)c(N)n2)CCNCC1. The second-order valence-electron chi connectivity index (χ2n) is 4.55. The van der Waals surface area contributed by atoms with Crippen molar-refractivity contribution in [2.75, 3.05) is 18.8 Å². The van der Waals surface area contributed by atoms with E-state index in [1.54, 1.807) is 10.9 Å². The summed E-state index contributed by atoms with van der Waals surface area (Å²) in [5, 5.41) is 16.4. The van der Waals surface area contributed by atoms with Crippen LogP contribution in [0.4, 0.5) is 5.82 Å². The monoisotopic (exact) mass is 284 g/mol. The zero-order valence-electron chi connectivity index (χ0n) is 10.4. The molecule has 1 saturated heterocycles. The third kappa shape index (κ3) is 2.80. The van der Waals surface area contributed by atoms with Crippen LogP contribution in [-0.2, 0) is 5.54 Å². The van der Waals surface area contributed by atoms with Crippen molar-refractivity contribution in [2.24, 2.45) is 5.73 Å². The molecule has 19 heavy (non-hydrogen) atoms. The average molecular weight is 285 g/mol. The number of halogens is 1. The molecule has 1 aliphatic rings. The van der Waals surface area contributed by atoms with Gasteiger partial charge in [0.2, 0.25) is 0 Å². The zero-order valence-corrected chi connectivity index (χ0v) is 11.2. The summed E-state index contributed by atoms with van der Waals surface area (Å²) >= 11 is 0. The van der Waals surface area contributed by atoms with Gasteiger partial charge >= 0.3 is 0 Å². The Morgan fingerprint density at radius 2 is 2.21 bits per heavy atom. The molecule has 0 aromatic carbocycles. The average Bonchev–Trinajstić information content (AvgIpc) is 2.74. The number of anilines is 1. The maximum Gasteiger partial charge on any atom is 0.254 e. The lowest BCUT2D eigenvalue weighted by Gasteiger charge is -2.36. The smallest absolute Gasteiger partial charge is 0.254 e. The number of nitrogen functional groups attached to an aromatic ring is 1. The summed E-state index contributed by atoms with van der Waals surface area (Å²) in [6.07, 6.45) is 3.45. The van der Waals surface area contributed by atoms with Gasteiger partial charge in [-0.25, -0.2) is 0 Å². The molecule has 1 aliphatic heterocycles. The normalized spacial score (nSPS) is 17.2. The minimum absolute atomic E-state index is 0. The van der Waals surface area contributed by atoms with Gasteiger partial charge in [-0.05, 0) is 25.9 Å². The van der Waals surface area contributed by atoms with Crippen molar-refractivity contribution in [3.05, 3.63) is 11.8 Å². The van der Waals surface area contributed by atoms with E-state index in [0.29, 0.717) is 6.42 Å². The van der Waals surface area contributed by atoms with Crippen molar-refractivity contribution in [1.29, 1.82) is 5.26 Å². The van der Waals surface area contributed by atoms with Crippen LogP contribution in [0.5, 0.6) is 0 Å². The Hall–Kier alpha value is -1.78. The van der Waals surface area contributed by atoms with Crippen LogP contribution >= 0.6 is 12.4 Å². The minimum atomic E-state index is -0.597. The lowest BCUT2D eigenvalue weighted by Crippen LogP contribution is -2.44. The van der Waals surface area contributed by atoms with Crippen LogP contribution in [0.2, 0.25) is 0 Å². The second kappa shape index (κ2) is 5.91. The molecule has 7 nitrogen and oxygen atoms in total. The maximum atomic E-state index is 11.2. The molecule has 104 valence electrons. The fourth-order valence-electron chi connectivity index (χ4n) is 2.35. The highest BCUT2D eigenvalue weighted by molar-refractivity contribution is 5.96. The number of nitrogens with two attached hydrogens (primary N) is 2. The first-order chi connectivity index (χ1) is 8.59. The fourth-order valence-corrected chi connectivity index (χ4v) is 2.35. The van der Waals surface area contributed by atoms with Gasteiger partial charge in [-0.3, -0.25) is 9.48 Å². The number of nitriles is 1. The Kier molecular flexibility index (Phi) is 4.75. The van der Waals surface area contributed by atoms with Gasteiger partial charge in [0.1, 0.15) is 5.56 Å². The molecular formula is C11H17ClN6O. The summed E-state index contributed by atoms with van der Waals surface area (Å²) in [5.41, 5.74) is 10.7. The van der Waals surface area contributed by atoms with Crippen LogP contribution in [0.1, 0.15) is 29.6 Å². The van der Waals surface area contributed by atoms with E-state index in [4.69, 9.17) is 16.7 Å². The first-order valence-electron chi connectivity index (χ1n) is 5.82. The van der Waals surface area contributed by atoms with E-state index in [-0.39, 0.29) is 29.3 Å². The van der Waals surface area contributed by atoms with Crippen LogP contribution in [0.25, 0.3) is 0 Å². The summed E-state index contributed by atoms with van der Waals surface area (Å²) in [7, 11) is 0. The summed E-state index contributed by atoms with van der Waals surface area (Å²) in [6, 6.07) is 2.19. The van der Waals surface area contributed by atoms with Crippen molar-refractivity contribution in [1.82, 2.24) is 15.1 Å². The van der Waals surface area contributed by atoms with Gasteiger partial charge in [-0.2, -0.15) is 10.4 Å². The molecule has 2 rings (SSSR count). The van der Waals surface area contributed by atoms with E-state index in [1.165, 1.54) is 0 Å². The number of hydrogen-bond acceptors (Lipinski definition) is 5. The number of aromatic nitrogens is 2. The summed E-state index contributed by atoms with van der Waals surface area (Å²) in [5.74, 6) is -0.474. The molecule has 2 heterocycles. The molecule has 1 aromatic heterocycles. The number of amides is 1. The highest BCUT2D eigenvalue weighted by Gasteiger charge is 2.35. The van der Waals surface area contributed by atoms with Gasteiger partial charge < -0.3 is 16.8 Å². The van der Waals surface area contributed by atoms with Gasteiger partial charge in [0.15, 0.2) is 5.82 Å². The minimum Gasteiger partial charge on any atom is -0.382 e. The molecule has 5 N–H and O–H groups in total. The van der Waals surface area contributed by atoms with Crippen molar-refractivity contribution >= 4 is 24.1 Å². The molecule has 0 radical (unpaired) electrons. The van der Waals surface area contributed by atoms with E-state index < -0.39 is 5.91 Å². The van der Waals surface area contributed by atoms with Gasteiger partial charge in [0, 0.05) is 6.20 Å². The Labute approximate surface area is 117 Å². The van der Waals surface area contributed by atoms with Crippen LogP contribution < -0.4 is 16.8 Å². The topological polar surface area (TPSA) is 123 Å². The lowest BCUT2D eigenvalue weighted by atomic mass is 9.86. The molecule has 8 heteroatoms. The summed E-state index contributed by atoms with van der Waals surface area (Å²) in [4.78, 5) is 11.2. The molecule has 1 fully saturated rings. The molecule has 0 saturated carbocycles. The van der Waals surface area contributed by atoms with E-state index >= 15 is 0 Å². The van der Waals surface area contributed by atoms with E-state index in [0.717, 1.165) is 25.9 Å². The molecular weight excluding hydrogens is 268 g/mol. The van der Waals surface area contributed by atoms with Crippen LogP contribution in [-0.4, -0.2) is 28.8 Å². The lowest BCUT2D eigenvalue weighted by molar-refractivity contribution is 0.100. The number of rotatable bonds is 3. The largest absolute Gasteiger partial charge is 0.382 e. The van der Waals surface area contributed by atoms with Crippen LogP contribution in [0.15, 0.2) is 6.20 Å². The zero-order chi connectivity index (χ0) is 13.2. The molecule has 0 bridgehead atoms. The molecule has 0 atom stereocenters. The van der Waals surface area contributed by atoms with Crippen LogP contribution in [0, 0.1) is 11.3 Å². The first kappa shape index (κ1) is 15.3. The van der Waals surface area contributed by atoms with Gasteiger partial charge in [-0.15, -0.1) is 12.4 Å². The number of nitrogens with zero attached hydrogens (tertiary/aromatic N) is 3. The highest BCUT2D eigenvalue weighted by Crippen LogP contribution is 2.31. The number of carbonyl (C=O) groups is 1. The van der Waals surface area contributed by atoms with Gasteiger partial charge in [-0.1, -0.05) is 0 Å². The number of piperidine rings is 1. The highest BCUT2D eigenvalue weighted by atomic mass is 35.5. The van der Waals surface area contributed by atoms with E-state index in [1.807, 2.05) is 0 Å². The molecule has 1 amide bonds. The third-order valence-electron chi connectivity index (χ3n) is 3.44. The van der Waals surface area contributed by atoms with Crippen molar-refractivity contribution < 1.29 is 4.79 Å². The third-order valence-corrected chi connectivity index (χ3v) is 3.44. The standard InChI is InChI=1S/C11H16N6O.ClH/c12-4-1-11(2-5-15-6-3-11)17-7-8(10(14)18)9(13)16-17;/h7,15H,1-3,5-6H2,(H2,13,16)(H2,14,18);1H. The Bertz CT molecular complexity index is 500. The molecule has 0 spiro atoms. The predicted octanol–water partition coefficient (Wildman–Crippen LogP) is -0.0216. The molecule has 0 unspecified atom stereocenters. The summed E-state index contributed by atoms with van der Waals surface area (Å²) < 4.78 is 1.65. The number of carbonyl (C=O) groups excluding carboxylic acids is 1. The molecule has 0 aliphatic carbocycles. The first-order valence-corrected chi connectivity index (χ1v) is 5.82. The van der Waals surface area contributed by atoms with Gasteiger partial charge in [0.25, 0.3) is 5.91 Å². The predicted molar refractivity (Wildman–Crippen MR) is 72.7 cm³/mol. The van der Waals surface area contributed by atoms with E-state index in [9.17, 15) is 4.79 Å². The van der Waals surface area contributed by atoms with Crippen molar-refractivity contribution in [3.63, 3.8) is 0 Å². The van der Waals surface area contributed by atoms with Gasteiger partial charge in [0.05, 0.1) is 18.0 Å². The maximum absolute atomic E-state index is 11.2. The quantitative estimate of drug-likeness (QED) is 0.720. The number of hydrogen-bond donors (Lipinski definition) is 3. The summed E-state index contributed by atoms with van der Waals surface area (Å²) in [6.45, 7) is 1.63. The molecule has 1 aromatic rings. The van der Waals surface area contributed by atoms with Crippen molar-refractivity contribution in [3.8, 4) is 6.07 Å². The number of primary amides is 1. The van der Waals surface area contributed by atoms with E-state index in [2.05, 4.69) is 16.5 Å².